The van der Waals surface area contributed by atoms with Crippen molar-refractivity contribution in [3.63, 3.8) is 0 Å². The van der Waals surface area contributed by atoms with Crippen LogP contribution in [0.5, 0.6) is 0 Å². The zero-order valence-corrected chi connectivity index (χ0v) is 18.1. The summed E-state index contributed by atoms with van der Waals surface area (Å²) in [5.41, 5.74) is 3.12. The molecule has 0 saturated carbocycles. The number of carbonyl (C=O) groups excluding carboxylic acids is 1. The van der Waals surface area contributed by atoms with Gasteiger partial charge in [0.25, 0.3) is 5.91 Å². The summed E-state index contributed by atoms with van der Waals surface area (Å²) in [6.07, 6.45) is 1.96. The Kier molecular flexibility index (Phi) is 5.56. The molecule has 3 heterocycles. The number of nitrogens with one attached hydrogen (secondary N) is 1. The normalized spacial score (nSPS) is 15.9. The summed E-state index contributed by atoms with van der Waals surface area (Å²) in [5, 5.41) is 2.82. The van der Waals surface area contributed by atoms with Gasteiger partial charge in [0.2, 0.25) is 0 Å². The summed E-state index contributed by atoms with van der Waals surface area (Å²) >= 11 is 0. The molecule has 0 spiro atoms. The maximum atomic E-state index is 14.7. The first-order valence-corrected chi connectivity index (χ1v) is 10.8. The largest absolute Gasteiger partial charge is 0.455 e. The van der Waals surface area contributed by atoms with Gasteiger partial charge in [0, 0.05) is 42.3 Å². The molecule has 0 fully saturated rings. The lowest BCUT2D eigenvalue weighted by atomic mass is 9.99. The lowest BCUT2D eigenvalue weighted by molar-refractivity contribution is 0.0989. The smallest absolute Gasteiger partial charge is 0.291 e. The highest BCUT2D eigenvalue weighted by Crippen LogP contribution is 2.35. The highest BCUT2D eigenvalue weighted by Gasteiger charge is 2.31. The first-order chi connectivity index (χ1) is 16.0. The van der Waals surface area contributed by atoms with Crippen LogP contribution in [-0.4, -0.2) is 21.9 Å². The predicted octanol–water partition coefficient (Wildman–Crippen LogP) is 5.53. The average Bonchev–Trinajstić information content (AvgIpc) is 3.46. The molecule has 1 atom stereocenters. The van der Waals surface area contributed by atoms with Gasteiger partial charge >= 0.3 is 0 Å². The van der Waals surface area contributed by atoms with Crippen LogP contribution in [0.1, 0.15) is 39.2 Å². The fraction of sp³-hybridized carbons (Fsp3) is 0.192. The van der Waals surface area contributed by atoms with Crippen molar-refractivity contribution in [2.45, 2.75) is 26.1 Å². The van der Waals surface area contributed by atoms with Gasteiger partial charge in [0.05, 0.1) is 12.6 Å². The van der Waals surface area contributed by atoms with E-state index in [1.165, 1.54) is 12.1 Å². The minimum atomic E-state index is -0.607. The number of fused-ring (bicyclic) bond motifs is 1. The van der Waals surface area contributed by atoms with Crippen LogP contribution >= 0.6 is 0 Å². The maximum absolute atomic E-state index is 14.7. The van der Waals surface area contributed by atoms with Crippen LogP contribution in [0.25, 0.3) is 0 Å². The Morgan fingerprint density at radius 3 is 2.67 bits per heavy atom. The van der Waals surface area contributed by atoms with Gasteiger partial charge in [-0.3, -0.25) is 9.69 Å². The molecule has 1 aliphatic rings. The molecule has 7 heteroatoms. The van der Waals surface area contributed by atoms with E-state index in [1.807, 2.05) is 49.5 Å². The van der Waals surface area contributed by atoms with Crippen molar-refractivity contribution in [3.8, 4) is 0 Å². The van der Waals surface area contributed by atoms with Gasteiger partial charge in [-0.2, -0.15) is 0 Å². The highest BCUT2D eigenvalue weighted by molar-refractivity contribution is 6.02. The Balaban J connectivity index is 1.37. The van der Waals surface area contributed by atoms with Gasteiger partial charge in [-0.1, -0.05) is 23.8 Å². The number of amides is 1. The van der Waals surface area contributed by atoms with E-state index < -0.39 is 17.7 Å². The van der Waals surface area contributed by atoms with Crippen LogP contribution in [0.2, 0.25) is 0 Å². The monoisotopic (exact) mass is 447 g/mol. The van der Waals surface area contributed by atoms with E-state index in [1.54, 1.807) is 12.1 Å². The number of rotatable bonds is 5. The first kappa shape index (κ1) is 21.2. The second kappa shape index (κ2) is 8.67. The summed E-state index contributed by atoms with van der Waals surface area (Å²) in [4.78, 5) is 14.7. The van der Waals surface area contributed by atoms with Gasteiger partial charge in [-0.15, -0.1) is 0 Å². The molecular formula is C26H23F2N3O2. The number of furan rings is 1. The van der Waals surface area contributed by atoms with Crippen LogP contribution in [-0.2, 0) is 13.1 Å². The van der Waals surface area contributed by atoms with Gasteiger partial charge in [0.1, 0.15) is 17.4 Å². The Bertz CT molecular complexity index is 1290. The topological polar surface area (TPSA) is 50.4 Å². The number of aryl methyl sites for hydroxylation is 1. The molecule has 1 aliphatic heterocycles. The standard InChI is InChI=1S/C26H23F2N3O2/c1-17-4-7-19(8-5-17)29-26(32)24-11-9-20(33-24)16-31-14-13-30-12-2-3-23(30)25(31)21-10-6-18(27)15-22(21)28/h2-12,15,25H,13-14,16H2,1H3,(H,29,32). The van der Waals surface area contributed by atoms with E-state index >= 15 is 0 Å². The molecule has 0 bridgehead atoms. The van der Waals surface area contributed by atoms with Crippen LogP contribution < -0.4 is 5.32 Å². The zero-order valence-electron chi connectivity index (χ0n) is 18.1. The summed E-state index contributed by atoms with van der Waals surface area (Å²) in [6.45, 7) is 3.75. The minimum absolute atomic E-state index is 0.204. The summed E-state index contributed by atoms with van der Waals surface area (Å²) < 4.78 is 36.2. The van der Waals surface area contributed by atoms with Crippen molar-refractivity contribution in [3.05, 3.63) is 113 Å². The fourth-order valence-electron chi connectivity index (χ4n) is 4.30. The summed E-state index contributed by atoms with van der Waals surface area (Å²) in [6, 6.07) is 18.1. The average molecular weight is 447 g/mol. The van der Waals surface area contributed by atoms with Crippen LogP contribution in [0.3, 0.4) is 0 Å². The third-order valence-corrected chi connectivity index (χ3v) is 5.95. The Morgan fingerprint density at radius 2 is 1.88 bits per heavy atom. The van der Waals surface area contributed by atoms with Crippen molar-refractivity contribution in [1.82, 2.24) is 9.47 Å². The summed E-state index contributed by atoms with van der Waals surface area (Å²) in [7, 11) is 0. The van der Waals surface area contributed by atoms with E-state index in [0.29, 0.717) is 30.1 Å². The molecule has 1 unspecified atom stereocenters. The molecule has 168 valence electrons. The quantitative estimate of drug-likeness (QED) is 0.438. The fourth-order valence-corrected chi connectivity index (χ4v) is 4.30. The molecule has 5 nitrogen and oxygen atoms in total. The van der Waals surface area contributed by atoms with Gasteiger partial charge in [-0.05, 0) is 49.4 Å². The molecule has 2 aromatic heterocycles. The van der Waals surface area contributed by atoms with E-state index in [0.717, 1.165) is 23.9 Å². The minimum Gasteiger partial charge on any atom is -0.455 e. The Morgan fingerprint density at radius 1 is 1.06 bits per heavy atom. The van der Waals surface area contributed by atoms with Crippen molar-refractivity contribution < 1.29 is 18.0 Å². The van der Waals surface area contributed by atoms with Crippen molar-refractivity contribution in [2.24, 2.45) is 0 Å². The van der Waals surface area contributed by atoms with Gasteiger partial charge < -0.3 is 14.3 Å². The van der Waals surface area contributed by atoms with E-state index in [-0.39, 0.29) is 11.7 Å². The molecule has 0 radical (unpaired) electrons. The van der Waals surface area contributed by atoms with E-state index in [2.05, 4.69) is 14.8 Å². The number of benzene rings is 2. The predicted molar refractivity (Wildman–Crippen MR) is 121 cm³/mol. The number of hydrogen-bond donors (Lipinski definition) is 1. The molecule has 4 aromatic rings. The second-order valence-corrected chi connectivity index (χ2v) is 8.25. The van der Waals surface area contributed by atoms with Gasteiger partial charge in [-0.25, -0.2) is 8.78 Å². The SMILES string of the molecule is Cc1ccc(NC(=O)c2ccc(CN3CCn4cccc4C3c3ccc(F)cc3F)o2)cc1. The molecule has 2 aromatic carbocycles. The third kappa shape index (κ3) is 4.32. The number of carbonyl (C=O) groups is 1. The zero-order chi connectivity index (χ0) is 22.9. The van der Waals surface area contributed by atoms with Crippen molar-refractivity contribution in [1.29, 1.82) is 0 Å². The molecular weight excluding hydrogens is 424 g/mol. The van der Waals surface area contributed by atoms with E-state index in [4.69, 9.17) is 4.42 Å². The van der Waals surface area contributed by atoms with Crippen molar-refractivity contribution >= 4 is 11.6 Å². The van der Waals surface area contributed by atoms with Crippen LogP contribution in [0.15, 0.2) is 77.3 Å². The lowest BCUT2D eigenvalue weighted by Crippen LogP contribution is -2.38. The van der Waals surface area contributed by atoms with Gasteiger partial charge in [0.15, 0.2) is 5.76 Å². The third-order valence-electron chi connectivity index (χ3n) is 5.95. The second-order valence-electron chi connectivity index (χ2n) is 8.25. The summed E-state index contributed by atoms with van der Waals surface area (Å²) in [5.74, 6) is -0.729. The van der Waals surface area contributed by atoms with Crippen LogP contribution in [0, 0.1) is 18.6 Å². The first-order valence-electron chi connectivity index (χ1n) is 10.8. The molecule has 0 aliphatic carbocycles. The highest BCUT2D eigenvalue weighted by atomic mass is 19.1. The molecule has 0 saturated heterocycles. The van der Waals surface area contributed by atoms with Crippen molar-refractivity contribution in [2.75, 3.05) is 11.9 Å². The van der Waals surface area contributed by atoms with E-state index in [9.17, 15) is 13.6 Å². The molecule has 33 heavy (non-hydrogen) atoms. The maximum Gasteiger partial charge on any atom is 0.291 e. The Hall–Kier alpha value is -3.71. The Labute approximate surface area is 190 Å². The number of hydrogen-bond acceptors (Lipinski definition) is 3. The lowest BCUT2D eigenvalue weighted by Gasteiger charge is -2.37. The molecule has 1 amide bonds. The number of aromatic nitrogens is 1. The number of halogens is 2. The molecule has 5 rings (SSSR count). The van der Waals surface area contributed by atoms with Crippen LogP contribution in [0.4, 0.5) is 14.5 Å². The number of nitrogens with zero attached hydrogens (tertiary/aromatic N) is 2. The molecule has 1 N–H and O–H groups in total. The number of anilines is 1.